The van der Waals surface area contributed by atoms with E-state index in [4.69, 9.17) is 22.7 Å². The van der Waals surface area contributed by atoms with Crippen molar-refractivity contribution in [3.63, 3.8) is 0 Å². The fourth-order valence-electron chi connectivity index (χ4n) is 2.79. The van der Waals surface area contributed by atoms with Gasteiger partial charge in [0.15, 0.2) is 0 Å². The molecule has 0 radical (unpaired) electrons. The fourth-order valence-corrected chi connectivity index (χ4v) is 3.00. The molecule has 0 bridgehead atoms. The third-order valence-corrected chi connectivity index (χ3v) is 4.30. The first-order valence-corrected chi connectivity index (χ1v) is 7.72. The van der Waals surface area contributed by atoms with E-state index in [1.54, 1.807) is 0 Å². The van der Waals surface area contributed by atoms with E-state index >= 15 is 0 Å². The molecule has 20 heavy (non-hydrogen) atoms. The molecule has 3 unspecified atom stereocenters. The standard InChI is InChI=1S/C16H24N2OS/c1-3-14-11-19-12(2)9-18(14)10-15(16(17)20)13-7-5-4-6-8-13/h4-8,12,14-15H,3,9-11H2,1-2H3,(H2,17,20). The number of nitrogens with zero attached hydrogens (tertiary/aromatic N) is 1. The first kappa shape index (κ1) is 15.4. The predicted octanol–water partition coefficient (Wildman–Crippen LogP) is 2.56. The van der Waals surface area contributed by atoms with Crippen molar-refractivity contribution in [1.29, 1.82) is 0 Å². The normalized spacial score (nSPS) is 25.3. The molecule has 0 aromatic heterocycles. The molecule has 110 valence electrons. The zero-order valence-electron chi connectivity index (χ0n) is 12.3. The van der Waals surface area contributed by atoms with Gasteiger partial charge in [-0.2, -0.15) is 0 Å². The number of ether oxygens (including phenoxy) is 1. The van der Waals surface area contributed by atoms with Crippen LogP contribution < -0.4 is 5.73 Å². The molecule has 1 aromatic rings. The average molecular weight is 292 g/mol. The van der Waals surface area contributed by atoms with Crippen molar-refractivity contribution < 1.29 is 4.74 Å². The van der Waals surface area contributed by atoms with E-state index < -0.39 is 0 Å². The van der Waals surface area contributed by atoms with E-state index in [2.05, 4.69) is 30.9 Å². The van der Waals surface area contributed by atoms with Crippen LogP contribution in [0.5, 0.6) is 0 Å². The van der Waals surface area contributed by atoms with Gasteiger partial charge in [-0.25, -0.2) is 0 Å². The zero-order chi connectivity index (χ0) is 14.5. The van der Waals surface area contributed by atoms with Crippen LogP contribution in [0, 0.1) is 0 Å². The summed E-state index contributed by atoms with van der Waals surface area (Å²) in [6.45, 7) is 6.96. The van der Waals surface area contributed by atoms with E-state index in [-0.39, 0.29) is 12.0 Å². The Balaban J connectivity index is 2.13. The number of morpholine rings is 1. The molecule has 0 aliphatic carbocycles. The highest BCUT2D eigenvalue weighted by molar-refractivity contribution is 7.80. The van der Waals surface area contributed by atoms with Crippen molar-refractivity contribution in [3.05, 3.63) is 35.9 Å². The van der Waals surface area contributed by atoms with Crippen molar-refractivity contribution in [2.75, 3.05) is 19.7 Å². The fraction of sp³-hybridized carbons (Fsp3) is 0.562. The SMILES string of the molecule is CCC1COC(C)CN1CC(C(N)=S)c1ccccc1. The van der Waals surface area contributed by atoms with Crippen LogP contribution in [-0.2, 0) is 4.74 Å². The monoisotopic (exact) mass is 292 g/mol. The third kappa shape index (κ3) is 3.78. The quantitative estimate of drug-likeness (QED) is 0.847. The molecule has 1 aliphatic rings. The zero-order valence-corrected chi connectivity index (χ0v) is 13.1. The molecule has 1 aromatic carbocycles. The molecule has 0 saturated carbocycles. The van der Waals surface area contributed by atoms with Gasteiger partial charge in [-0.15, -0.1) is 0 Å². The molecule has 3 nitrogen and oxygen atoms in total. The minimum Gasteiger partial charge on any atom is -0.393 e. The van der Waals surface area contributed by atoms with Crippen molar-refractivity contribution in [1.82, 2.24) is 4.90 Å². The number of hydrogen-bond donors (Lipinski definition) is 1. The highest BCUT2D eigenvalue weighted by Gasteiger charge is 2.28. The Morgan fingerprint density at radius 1 is 1.45 bits per heavy atom. The molecule has 2 rings (SSSR count). The average Bonchev–Trinajstić information content (AvgIpc) is 2.45. The van der Waals surface area contributed by atoms with Crippen LogP contribution in [-0.4, -0.2) is 41.7 Å². The van der Waals surface area contributed by atoms with Crippen LogP contribution >= 0.6 is 12.2 Å². The van der Waals surface area contributed by atoms with Gasteiger partial charge in [0.25, 0.3) is 0 Å². The summed E-state index contributed by atoms with van der Waals surface area (Å²) < 4.78 is 5.75. The Morgan fingerprint density at radius 3 is 2.75 bits per heavy atom. The predicted molar refractivity (Wildman–Crippen MR) is 87.0 cm³/mol. The van der Waals surface area contributed by atoms with E-state index in [9.17, 15) is 0 Å². The molecular formula is C16H24N2OS. The maximum atomic E-state index is 5.98. The summed E-state index contributed by atoms with van der Waals surface area (Å²) in [5, 5.41) is 0. The lowest BCUT2D eigenvalue weighted by Crippen LogP contribution is -2.50. The molecule has 1 aliphatic heterocycles. The van der Waals surface area contributed by atoms with Gasteiger partial charge in [-0.3, -0.25) is 4.90 Å². The summed E-state index contributed by atoms with van der Waals surface area (Å²) in [7, 11) is 0. The van der Waals surface area contributed by atoms with Gasteiger partial charge >= 0.3 is 0 Å². The van der Waals surface area contributed by atoms with Crippen LogP contribution in [0.25, 0.3) is 0 Å². The second kappa shape index (κ2) is 7.16. The minimum atomic E-state index is 0.116. The van der Waals surface area contributed by atoms with Crippen LogP contribution in [0.1, 0.15) is 31.7 Å². The van der Waals surface area contributed by atoms with Crippen LogP contribution in [0.3, 0.4) is 0 Å². The van der Waals surface area contributed by atoms with Gasteiger partial charge in [0.05, 0.1) is 17.7 Å². The maximum Gasteiger partial charge on any atom is 0.0816 e. The smallest absolute Gasteiger partial charge is 0.0816 e. The molecule has 1 saturated heterocycles. The summed E-state index contributed by atoms with van der Waals surface area (Å²) >= 11 is 5.29. The molecular weight excluding hydrogens is 268 g/mol. The summed E-state index contributed by atoms with van der Waals surface area (Å²) in [6.07, 6.45) is 1.37. The second-order valence-corrected chi connectivity index (χ2v) is 6.00. The molecule has 3 atom stereocenters. The van der Waals surface area contributed by atoms with Crippen LogP contribution in [0.15, 0.2) is 30.3 Å². The van der Waals surface area contributed by atoms with Crippen molar-refractivity contribution in [2.45, 2.75) is 38.3 Å². The number of nitrogens with two attached hydrogens (primary N) is 1. The highest BCUT2D eigenvalue weighted by Crippen LogP contribution is 2.22. The minimum absolute atomic E-state index is 0.116. The van der Waals surface area contributed by atoms with Crippen LogP contribution in [0.2, 0.25) is 0 Å². The Morgan fingerprint density at radius 2 is 2.15 bits per heavy atom. The number of hydrogen-bond acceptors (Lipinski definition) is 3. The van der Waals surface area contributed by atoms with Gasteiger partial charge in [0.2, 0.25) is 0 Å². The first-order chi connectivity index (χ1) is 9.61. The van der Waals surface area contributed by atoms with E-state index in [1.165, 1.54) is 5.56 Å². The Bertz CT molecular complexity index is 437. The summed E-state index contributed by atoms with van der Waals surface area (Å²) in [6, 6.07) is 10.8. The molecule has 1 fully saturated rings. The lowest BCUT2D eigenvalue weighted by Gasteiger charge is -2.40. The Labute approximate surface area is 127 Å². The largest absolute Gasteiger partial charge is 0.393 e. The van der Waals surface area contributed by atoms with E-state index in [0.717, 1.165) is 26.1 Å². The first-order valence-electron chi connectivity index (χ1n) is 7.31. The van der Waals surface area contributed by atoms with Crippen LogP contribution in [0.4, 0.5) is 0 Å². The summed E-state index contributed by atoms with van der Waals surface area (Å²) in [5.74, 6) is 0.116. The van der Waals surface area contributed by atoms with Gasteiger partial charge in [-0.1, -0.05) is 49.5 Å². The Kier molecular flexibility index (Phi) is 5.52. The molecule has 1 heterocycles. The van der Waals surface area contributed by atoms with Gasteiger partial charge < -0.3 is 10.5 Å². The van der Waals surface area contributed by atoms with Gasteiger partial charge in [-0.05, 0) is 18.9 Å². The second-order valence-electron chi connectivity index (χ2n) is 5.53. The number of rotatable bonds is 5. The molecule has 2 N–H and O–H groups in total. The number of benzene rings is 1. The van der Waals surface area contributed by atoms with E-state index in [0.29, 0.717) is 11.0 Å². The van der Waals surface area contributed by atoms with E-state index in [1.807, 2.05) is 18.2 Å². The highest BCUT2D eigenvalue weighted by atomic mass is 32.1. The molecule has 0 amide bonds. The van der Waals surface area contributed by atoms with Gasteiger partial charge in [0.1, 0.15) is 0 Å². The summed E-state index contributed by atoms with van der Waals surface area (Å²) in [4.78, 5) is 3.05. The molecule has 4 heteroatoms. The topological polar surface area (TPSA) is 38.5 Å². The van der Waals surface area contributed by atoms with Gasteiger partial charge in [0, 0.05) is 25.0 Å². The molecule has 0 spiro atoms. The maximum absolute atomic E-state index is 5.98. The Hall–Kier alpha value is -0.970. The third-order valence-electron chi connectivity index (χ3n) is 4.01. The summed E-state index contributed by atoms with van der Waals surface area (Å²) in [5.41, 5.74) is 7.18. The van der Waals surface area contributed by atoms with Crippen molar-refractivity contribution in [3.8, 4) is 0 Å². The lowest BCUT2D eigenvalue weighted by atomic mass is 9.97. The lowest BCUT2D eigenvalue weighted by molar-refractivity contribution is -0.0559. The van der Waals surface area contributed by atoms with Crippen molar-refractivity contribution in [2.24, 2.45) is 5.73 Å². The number of thiocarbonyl (C=S) groups is 1. The van der Waals surface area contributed by atoms with Crippen molar-refractivity contribution >= 4 is 17.2 Å².